The number of ether oxygens (including phenoxy) is 1. The molecule has 0 saturated carbocycles. The van der Waals surface area contributed by atoms with E-state index < -0.39 is 12.0 Å². The molecule has 1 fully saturated rings. The summed E-state index contributed by atoms with van der Waals surface area (Å²) >= 11 is 7.29. The lowest BCUT2D eigenvalue weighted by Crippen LogP contribution is -2.54. The number of rotatable bonds is 3. The second kappa shape index (κ2) is 6.11. The maximum Gasteiger partial charge on any atom is 0.248 e. The van der Waals surface area contributed by atoms with Crippen molar-refractivity contribution in [3.8, 4) is 0 Å². The van der Waals surface area contributed by atoms with Crippen molar-refractivity contribution in [1.29, 1.82) is 0 Å². The van der Waals surface area contributed by atoms with Gasteiger partial charge in [-0.25, -0.2) is 0 Å². The molecule has 110 valence electrons. The Kier molecular flexibility index (Phi) is 4.67. The zero-order valence-electron chi connectivity index (χ0n) is 11.3. The van der Waals surface area contributed by atoms with Crippen LogP contribution in [0.15, 0.2) is 12.1 Å². The zero-order chi connectivity index (χ0) is 14.9. The Labute approximate surface area is 126 Å². The van der Waals surface area contributed by atoms with E-state index in [1.807, 2.05) is 19.9 Å². The Morgan fingerprint density at radius 2 is 2.20 bits per heavy atom. The van der Waals surface area contributed by atoms with Crippen molar-refractivity contribution < 1.29 is 14.3 Å². The second-order valence-electron chi connectivity index (χ2n) is 4.94. The van der Waals surface area contributed by atoms with Crippen LogP contribution in [0.25, 0.3) is 0 Å². The first kappa shape index (κ1) is 15.3. The van der Waals surface area contributed by atoms with Gasteiger partial charge >= 0.3 is 0 Å². The van der Waals surface area contributed by atoms with Crippen LogP contribution in [0.1, 0.15) is 24.6 Å². The minimum Gasteiger partial charge on any atom is -0.367 e. The third-order valence-electron chi connectivity index (χ3n) is 3.28. The van der Waals surface area contributed by atoms with Gasteiger partial charge in [-0.05, 0) is 26.0 Å². The summed E-state index contributed by atoms with van der Waals surface area (Å²) in [5.41, 5.74) is 5.27. The summed E-state index contributed by atoms with van der Waals surface area (Å²) in [6.07, 6.45) is -0.939. The number of carbonyl (C=O) groups is 2. The van der Waals surface area contributed by atoms with E-state index in [0.717, 1.165) is 4.88 Å². The second-order valence-corrected chi connectivity index (χ2v) is 6.69. The first-order valence-corrected chi connectivity index (χ1v) is 7.56. The number of thiophene rings is 1. The third-order valence-corrected chi connectivity index (χ3v) is 4.69. The highest BCUT2D eigenvalue weighted by atomic mass is 35.5. The molecule has 3 atom stereocenters. The first-order valence-electron chi connectivity index (χ1n) is 6.37. The number of halogens is 1. The van der Waals surface area contributed by atoms with Crippen molar-refractivity contribution in [1.82, 2.24) is 4.90 Å². The van der Waals surface area contributed by atoms with Crippen LogP contribution >= 0.6 is 22.9 Å². The number of nitrogens with two attached hydrogens (primary N) is 1. The Hall–Kier alpha value is -1.11. The van der Waals surface area contributed by atoms with Gasteiger partial charge < -0.3 is 15.4 Å². The quantitative estimate of drug-likeness (QED) is 0.920. The molecule has 20 heavy (non-hydrogen) atoms. The van der Waals surface area contributed by atoms with Crippen molar-refractivity contribution >= 4 is 34.8 Å². The van der Waals surface area contributed by atoms with Gasteiger partial charge in [0.15, 0.2) is 6.10 Å². The summed E-state index contributed by atoms with van der Waals surface area (Å²) in [5.74, 6) is -0.864. The maximum atomic E-state index is 12.5. The summed E-state index contributed by atoms with van der Waals surface area (Å²) < 4.78 is 6.09. The monoisotopic (exact) mass is 316 g/mol. The van der Waals surface area contributed by atoms with E-state index in [1.54, 1.807) is 11.0 Å². The Morgan fingerprint density at radius 3 is 2.75 bits per heavy atom. The molecule has 0 bridgehead atoms. The van der Waals surface area contributed by atoms with Gasteiger partial charge in [0.25, 0.3) is 0 Å². The number of carbonyl (C=O) groups excluding carboxylic acids is 2. The highest BCUT2D eigenvalue weighted by Gasteiger charge is 2.33. The van der Waals surface area contributed by atoms with Gasteiger partial charge in [-0.3, -0.25) is 9.59 Å². The van der Waals surface area contributed by atoms with Crippen molar-refractivity contribution in [2.24, 2.45) is 5.73 Å². The van der Waals surface area contributed by atoms with Crippen molar-refractivity contribution in [3.63, 3.8) is 0 Å². The molecule has 1 aromatic heterocycles. The Balaban J connectivity index is 2.09. The topological polar surface area (TPSA) is 72.6 Å². The number of hydrogen-bond donors (Lipinski definition) is 1. The van der Waals surface area contributed by atoms with Crippen LogP contribution < -0.4 is 5.73 Å². The number of nitrogens with zero attached hydrogens (tertiary/aromatic N) is 1. The van der Waals surface area contributed by atoms with Crippen LogP contribution in [0.3, 0.4) is 0 Å². The minimum atomic E-state index is -0.734. The average Bonchev–Trinajstić information content (AvgIpc) is 2.83. The van der Waals surface area contributed by atoms with Gasteiger partial charge in [-0.1, -0.05) is 11.6 Å². The number of hydrogen-bond acceptors (Lipinski definition) is 4. The molecular formula is C13H17ClN2O3S. The SMILES string of the molecule is C[C@@H]1CN(C(=O)[C@@H](C)c2ccc(Cl)s2)C[C@@H](C(N)=O)O1. The predicted octanol–water partition coefficient (Wildman–Crippen LogP) is 1.61. The van der Waals surface area contributed by atoms with Crippen LogP contribution in [0, 0.1) is 0 Å². The largest absolute Gasteiger partial charge is 0.367 e. The van der Waals surface area contributed by atoms with Crippen LogP contribution in [0.4, 0.5) is 0 Å². The van der Waals surface area contributed by atoms with Crippen LogP contribution in [-0.2, 0) is 14.3 Å². The zero-order valence-corrected chi connectivity index (χ0v) is 12.9. The van der Waals surface area contributed by atoms with E-state index in [9.17, 15) is 9.59 Å². The molecule has 1 aromatic rings. The molecule has 2 heterocycles. The fourth-order valence-corrected chi connectivity index (χ4v) is 3.35. The average molecular weight is 317 g/mol. The molecule has 0 spiro atoms. The molecule has 1 aliphatic rings. The normalized spacial score (nSPS) is 24.4. The molecule has 5 nitrogen and oxygen atoms in total. The molecule has 2 amide bonds. The highest BCUT2D eigenvalue weighted by Crippen LogP contribution is 2.29. The highest BCUT2D eigenvalue weighted by molar-refractivity contribution is 7.16. The minimum absolute atomic E-state index is 0.0371. The summed E-state index contributed by atoms with van der Waals surface area (Å²) in [7, 11) is 0. The predicted molar refractivity (Wildman–Crippen MR) is 77.9 cm³/mol. The Bertz CT molecular complexity index is 519. The van der Waals surface area contributed by atoms with Crippen molar-refractivity contribution in [2.75, 3.05) is 13.1 Å². The number of morpholine rings is 1. The van der Waals surface area contributed by atoms with Crippen LogP contribution in [-0.4, -0.2) is 42.0 Å². The summed E-state index contributed by atoms with van der Waals surface area (Å²) in [5, 5.41) is 0. The molecule has 2 N–H and O–H groups in total. The summed E-state index contributed by atoms with van der Waals surface area (Å²) in [4.78, 5) is 26.3. The molecule has 1 aliphatic heterocycles. The molecule has 1 saturated heterocycles. The van der Waals surface area contributed by atoms with E-state index in [2.05, 4.69) is 0 Å². The summed E-state index contributed by atoms with van der Waals surface area (Å²) in [6.45, 7) is 4.33. The van der Waals surface area contributed by atoms with Crippen molar-refractivity contribution in [2.45, 2.75) is 32.0 Å². The summed E-state index contributed by atoms with van der Waals surface area (Å²) in [6, 6.07) is 3.63. The lowest BCUT2D eigenvalue weighted by molar-refractivity contribution is -0.153. The fourth-order valence-electron chi connectivity index (χ4n) is 2.25. The third kappa shape index (κ3) is 3.31. The Morgan fingerprint density at radius 1 is 1.50 bits per heavy atom. The number of primary amides is 1. The van der Waals surface area contributed by atoms with E-state index >= 15 is 0 Å². The standard InChI is InChI=1S/C13H17ClN2O3S/c1-7-5-16(6-9(19-7)12(15)17)13(18)8(2)10-3-4-11(14)20-10/h3-4,7-9H,5-6H2,1-2H3,(H2,15,17)/t7-,8+,9+/m1/s1. The molecular weight excluding hydrogens is 300 g/mol. The molecule has 0 unspecified atom stereocenters. The van der Waals surface area contributed by atoms with Gasteiger partial charge in [0.1, 0.15) is 0 Å². The van der Waals surface area contributed by atoms with E-state index in [4.69, 9.17) is 22.1 Å². The fraction of sp³-hybridized carbons (Fsp3) is 0.538. The van der Waals surface area contributed by atoms with Gasteiger partial charge in [-0.2, -0.15) is 0 Å². The molecule has 0 aromatic carbocycles. The molecule has 7 heteroatoms. The molecule has 0 aliphatic carbocycles. The number of amides is 2. The van der Waals surface area contributed by atoms with E-state index in [-0.39, 0.29) is 24.5 Å². The first-order chi connectivity index (χ1) is 9.38. The van der Waals surface area contributed by atoms with Gasteiger partial charge in [0.2, 0.25) is 11.8 Å². The van der Waals surface area contributed by atoms with Gasteiger partial charge in [0, 0.05) is 11.4 Å². The van der Waals surface area contributed by atoms with Gasteiger partial charge in [-0.15, -0.1) is 11.3 Å². The van der Waals surface area contributed by atoms with E-state index in [0.29, 0.717) is 10.9 Å². The molecule has 0 radical (unpaired) electrons. The lowest BCUT2D eigenvalue weighted by atomic mass is 10.1. The van der Waals surface area contributed by atoms with E-state index in [1.165, 1.54) is 11.3 Å². The lowest BCUT2D eigenvalue weighted by Gasteiger charge is -2.36. The van der Waals surface area contributed by atoms with Crippen LogP contribution in [0.5, 0.6) is 0 Å². The smallest absolute Gasteiger partial charge is 0.248 e. The molecule has 2 rings (SSSR count). The van der Waals surface area contributed by atoms with Gasteiger partial charge in [0.05, 0.1) is 22.9 Å². The van der Waals surface area contributed by atoms with Crippen LogP contribution in [0.2, 0.25) is 4.34 Å². The maximum absolute atomic E-state index is 12.5. The van der Waals surface area contributed by atoms with Crippen molar-refractivity contribution in [3.05, 3.63) is 21.3 Å².